The fourth-order valence-electron chi connectivity index (χ4n) is 2.14. The number of benzene rings is 1. The van der Waals surface area contributed by atoms with Crippen LogP contribution in [0.1, 0.15) is 16.8 Å². The zero-order valence-corrected chi connectivity index (χ0v) is 14.8. The number of urea groups is 1. The molecule has 134 valence electrons. The highest BCUT2D eigenvalue weighted by atomic mass is 32.2. The molecule has 25 heavy (non-hydrogen) atoms. The van der Waals surface area contributed by atoms with Gasteiger partial charge in [-0.05, 0) is 30.3 Å². The molecule has 1 aromatic heterocycles. The quantitative estimate of drug-likeness (QED) is 0.656. The third-order valence-electron chi connectivity index (χ3n) is 3.54. The van der Waals surface area contributed by atoms with E-state index >= 15 is 0 Å². The molecule has 7 nitrogen and oxygen atoms in total. The second-order valence-corrected chi connectivity index (χ2v) is 7.39. The number of carbonyl (C=O) groups is 1. The Morgan fingerprint density at radius 3 is 2.40 bits per heavy atom. The van der Waals surface area contributed by atoms with Gasteiger partial charge in [-0.1, -0.05) is 30.3 Å². The number of amides is 2. The number of carbonyl (C=O) groups excluding carboxylic acids is 1. The Hall–Kier alpha value is -2.45. The van der Waals surface area contributed by atoms with E-state index in [1.165, 1.54) is 7.05 Å². The van der Waals surface area contributed by atoms with Crippen LogP contribution >= 0.6 is 0 Å². The Balaban J connectivity index is 1.72. The highest BCUT2D eigenvalue weighted by Gasteiger charge is 2.08. The number of nitrogens with one attached hydrogen (secondary N) is 3. The molecular formula is C17H22N4O3S. The summed E-state index contributed by atoms with van der Waals surface area (Å²) in [6.07, 6.45) is 2.39. The van der Waals surface area contributed by atoms with Crippen molar-refractivity contribution in [3.63, 3.8) is 0 Å². The highest BCUT2D eigenvalue weighted by Crippen LogP contribution is 2.07. The van der Waals surface area contributed by atoms with Gasteiger partial charge in [0.05, 0.1) is 5.75 Å². The lowest BCUT2D eigenvalue weighted by Gasteiger charge is -2.08. The summed E-state index contributed by atoms with van der Waals surface area (Å²) in [6, 6.07) is 12.5. The Morgan fingerprint density at radius 2 is 1.76 bits per heavy atom. The molecule has 8 heteroatoms. The van der Waals surface area contributed by atoms with E-state index in [9.17, 15) is 13.2 Å². The van der Waals surface area contributed by atoms with E-state index < -0.39 is 10.0 Å². The SMILES string of the molecule is CNS(=O)(=O)Cc1ccc(CNC(=O)NCCc2ccccn2)cc1. The Morgan fingerprint density at radius 1 is 1.04 bits per heavy atom. The van der Waals surface area contributed by atoms with Crippen molar-refractivity contribution < 1.29 is 13.2 Å². The molecule has 0 bridgehead atoms. The highest BCUT2D eigenvalue weighted by molar-refractivity contribution is 7.88. The van der Waals surface area contributed by atoms with Gasteiger partial charge in [-0.2, -0.15) is 0 Å². The number of hydrogen-bond acceptors (Lipinski definition) is 4. The summed E-state index contributed by atoms with van der Waals surface area (Å²) in [7, 11) is -1.89. The Labute approximate surface area is 147 Å². The molecule has 0 saturated heterocycles. The summed E-state index contributed by atoms with van der Waals surface area (Å²) in [5.41, 5.74) is 2.51. The number of sulfonamides is 1. The Bertz CT molecular complexity index is 777. The van der Waals surface area contributed by atoms with E-state index in [1.54, 1.807) is 30.5 Å². The largest absolute Gasteiger partial charge is 0.338 e. The molecule has 0 aliphatic heterocycles. The molecule has 0 unspecified atom stereocenters. The Kier molecular flexibility index (Phi) is 6.91. The van der Waals surface area contributed by atoms with Gasteiger partial charge in [0.1, 0.15) is 0 Å². The molecule has 0 fully saturated rings. The van der Waals surface area contributed by atoms with Crippen molar-refractivity contribution in [1.29, 1.82) is 0 Å². The van der Waals surface area contributed by atoms with Crippen molar-refractivity contribution in [2.45, 2.75) is 18.7 Å². The van der Waals surface area contributed by atoms with Gasteiger partial charge in [-0.25, -0.2) is 17.9 Å². The molecule has 0 saturated carbocycles. The zero-order valence-electron chi connectivity index (χ0n) is 14.0. The van der Waals surface area contributed by atoms with Crippen LogP contribution in [-0.4, -0.2) is 33.0 Å². The van der Waals surface area contributed by atoms with Crippen LogP contribution in [0.15, 0.2) is 48.7 Å². The van der Waals surface area contributed by atoms with Crippen molar-refractivity contribution >= 4 is 16.1 Å². The van der Waals surface area contributed by atoms with Crippen molar-refractivity contribution in [3.05, 3.63) is 65.5 Å². The van der Waals surface area contributed by atoms with E-state index in [4.69, 9.17) is 0 Å². The third kappa shape index (κ3) is 6.90. The van der Waals surface area contributed by atoms with Crippen LogP contribution in [0.25, 0.3) is 0 Å². The van der Waals surface area contributed by atoms with Crippen LogP contribution in [0.2, 0.25) is 0 Å². The minimum atomic E-state index is -3.28. The lowest BCUT2D eigenvalue weighted by molar-refractivity contribution is 0.240. The van der Waals surface area contributed by atoms with Gasteiger partial charge in [0, 0.05) is 31.4 Å². The first kappa shape index (κ1) is 18.9. The van der Waals surface area contributed by atoms with Gasteiger partial charge in [-0.15, -0.1) is 0 Å². The maximum Gasteiger partial charge on any atom is 0.315 e. The van der Waals surface area contributed by atoms with Crippen LogP contribution < -0.4 is 15.4 Å². The van der Waals surface area contributed by atoms with Crippen molar-refractivity contribution in [1.82, 2.24) is 20.3 Å². The van der Waals surface area contributed by atoms with E-state index in [-0.39, 0.29) is 11.8 Å². The van der Waals surface area contributed by atoms with Gasteiger partial charge in [0.25, 0.3) is 0 Å². The number of aromatic nitrogens is 1. The van der Waals surface area contributed by atoms with Gasteiger partial charge in [-0.3, -0.25) is 4.98 Å². The van der Waals surface area contributed by atoms with Gasteiger partial charge in [0.2, 0.25) is 10.0 Å². The first-order valence-electron chi connectivity index (χ1n) is 7.89. The summed E-state index contributed by atoms with van der Waals surface area (Å²) in [4.78, 5) is 16.0. The maximum atomic E-state index is 11.8. The summed E-state index contributed by atoms with van der Waals surface area (Å²) < 4.78 is 25.3. The lowest BCUT2D eigenvalue weighted by atomic mass is 10.1. The van der Waals surface area contributed by atoms with Crippen LogP contribution in [0, 0.1) is 0 Å². The molecule has 2 amide bonds. The molecule has 1 aromatic carbocycles. The van der Waals surface area contributed by atoms with Crippen molar-refractivity contribution in [2.24, 2.45) is 0 Å². The topological polar surface area (TPSA) is 100 Å². The van der Waals surface area contributed by atoms with E-state index in [1.807, 2.05) is 18.2 Å². The maximum absolute atomic E-state index is 11.8. The lowest BCUT2D eigenvalue weighted by Crippen LogP contribution is -2.36. The molecule has 3 N–H and O–H groups in total. The van der Waals surface area contributed by atoms with E-state index in [2.05, 4.69) is 20.3 Å². The van der Waals surface area contributed by atoms with Crippen LogP contribution in [0.3, 0.4) is 0 Å². The van der Waals surface area contributed by atoms with Crippen molar-refractivity contribution in [3.8, 4) is 0 Å². The monoisotopic (exact) mass is 362 g/mol. The number of pyridine rings is 1. The normalized spacial score (nSPS) is 11.1. The predicted octanol–water partition coefficient (Wildman–Crippen LogP) is 1.17. The first-order valence-corrected chi connectivity index (χ1v) is 9.54. The summed E-state index contributed by atoms with van der Waals surface area (Å²) >= 11 is 0. The zero-order chi connectivity index (χ0) is 18.1. The number of nitrogens with zero attached hydrogens (tertiary/aromatic N) is 1. The van der Waals surface area contributed by atoms with Crippen LogP contribution in [0.5, 0.6) is 0 Å². The van der Waals surface area contributed by atoms with Gasteiger partial charge < -0.3 is 10.6 Å². The molecule has 0 atom stereocenters. The molecular weight excluding hydrogens is 340 g/mol. The van der Waals surface area contributed by atoms with Crippen molar-refractivity contribution in [2.75, 3.05) is 13.6 Å². The average Bonchev–Trinajstić information content (AvgIpc) is 2.62. The molecule has 1 heterocycles. The number of rotatable bonds is 8. The fraction of sp³-hybridized carbons (Fsp3) is 0.294. The minimum Gasteiger partial charge on any atom is -0.338 e. The average molecular weight is 362 g/mol. The molecule has 2 rings (SSSR count). The minimum absolute atomic E-state index is 0.0643. The molecule has 0 aliphatic carbocycles. The van der Waals surface area contributed by atoms with E-state index in [0.29, 0.717) is 25.1 Å². The third-order valence-corrected chi connectivity index (χ3v) is 4.87. The van der Waals surface area contributed by atoms with E-state index in [0.717, 1.165) is 11.3 Å². The second kappa shape index (κ2) is 9.14. The summed E-state index contributed by atoms with van der Waals surface area (Å²) in [5.74, 6) is -0.0643. The summed E-state index contributed by atoms with van der Waals surface area (Å²) in [6.45, 7) is 0.873. The molecule has 2 aromatic rings. The van der Waals surface area contributed by atoms with Gasteiger partial charge >= 0.3 is 6.03 Å². The smallest absolute Gasteiger partial charge is 0.315 e. The standard InChI is InChI=1S/C17H22N4O3S/c1-18-25(23,24)13-15-7-5-14(6-8-15)12-21-17(22)20-11-9-16-4-2-3-10-19-16/h2-8,10,18H,9,11-13H2,1H3,(H2,20,21,22). The first-order chi connectivity index (χ1) is 12.0. The second-order valence-electron chi connectivity index (χ2n) is 5.46. The predicted molar refractivity (Wildman–Crippen MR) is 96.3 cm³/mol. The van der Waals surface area contributed by atoms with Crippen LogP contribution in [0.4, 0.5) is 4.79 Å². The van der Waals surface area contributed by atoms with Crippen LogP contribution in [-0.2, 0) is 28.7 Å². The molecule has 0 radical (unpaired) electrons. The van der Waals surface area contributed by atoms with Gasteiger partial charge in [0.15, 0.2) is 0 Å². The summed E-state index contributed by atoms with van der Waals surface area (Å²) in [5, 5.41) is 5.54. The molecule has 0 spiro atoms. The number of hydrogen-bond donors (Lipinski definition) is 3. The molecule has 0 aliphatic rings. The fourth-order valence-corrected chi connectivity index (χ4v) is 2.92.